The van der Waals surface area contributed by atoms with Gasteiger partial charge in [0, 0.05) is 18.6 Å². The van der Waals surface area contributed by atoms with Crippen molar-refractivity contribution in [3.05, 3.63) is 34.9 Å². The van der Waals surface area contributed by atoms with Crippen LogP contribution in [0.2, 0.25) is 0 Å². The van der Waals surface area contributed by atoms with E-state index in [4.69, 9.17) is 12.2 Å². The number of aliphatic carboxylic acids is 1. The molecule has 6 heteroatoms. The molecule has 0 aliphatic carbocycles. The van der Waals surface area contributed by atoms with E-state index in [1.165, 1.54) is 16.7 Å². The van der Waals surface area contributed by atoms with Crippen molar-refractivity contribution in [2.75, 3.05) is 18.6 Å². The lowest BCUT2D eigenvalue weighted by atomic mass is 10.1. The van der Waals surface area contributed by atoms with Crippen molar-refractivity contribution < 1.29 is 9.90 Å². The van der Waals surface area contributed by atoms with E-state index in [1.54, 1.807) is 18.8 Å². The summed E-state index contributed by atoms with van der Waals surface area (Å²) >= 11 is 6.56. The molecule has 3 N–H and O–H groups in total. The Morgan fingerprint density at radius 3 is 2.19 bits per heavy atom. The first kappa shape index (κ1) is 24.7. The second-order valence-electron chi connectivity index (χ2n) is 6.61. The van der Waals surface area contributed by atoms with E-state index in [-0.39, 0.29) is 0 Å². The van der Waals surface area contributed by atoms with Crippen LogP contribution in [0.5, 0.6) is 0 Å². The van der Waals surface area contributed by atoms with Gasteiger partial charge in [-0.25, -0.2) is 4.79 Å². The van der Waals surface area contributed by atoms with Crippen LogP contribution in [-0.4, -0.2) is 40.8 Å². The zero-order chi connectivity index (χ0) is 19.9. The Balaban J connectivity index is 4.11. The highest BCUT2D eigenvalue weighted by Gasteiger charge is 2.17. The van der Waals surface area contributed by atoms with Crippen LogP contribution in [0.4, 0.5) is 0 Å². The number of hydrogen-bond donors (Lipinski definition) is 3. The SMILES string of the molecule is CNC(=S)N[C@@H](CSC/C=C(\C)CC/C=C(\C)CCC=C(C)C)C(=O)O. The van der Waals surface area contributed by atoms with E-state index in [1.807, 2.05) is 0 Å². The summed E-state index contributed by atoms with van der Waals surface area (Å²) in [6.07, 6.45) is 11.1. The molecular weight excluding hydrogens is 364 g/mol. The molecule has 0 aliphatic rings. The Labute approximate surface area is 168 Å². The molecule has 0 spiro atoms. The molecule has 0 saturated carbocycles. The highest BCUT2D eigenvalue weighted by molar-refractivity contribution is 7.99. The van der Waals surface area contributed by atoms with Crippen LogP contribution in [0.25, 0.3) is 0 Å². The van der Waals surface area contributed by atoms with Gasteiger partial charge in [-0.05, 0) is 65.6 Å². The van der Waals surface area contributed by atoms with Crippen molar-refractivity contribution >= 4 is 35.1 Å². The summed E-state index contributed by atoms with van der Waals surface area (Å²) in [5.41, 5.74) is 4.17. The van der Waals surface area contributed by atoms with Crippen LogP contribution < -0.4 is 10.6 Å². The van der Waals surface area contributed by atoms with Gasteiger partial charge in [-0.3, -0.25) is 0 Å². The third-order valence-electron chi connectivity index (χ3n) is 3.79. The van der Waals surface area contributed by atoms with Crippen LogP contribution in [0.3, 0.4) is 0 Å². The maximum absolute atomic E-state index is 11.2. The molecular formula is C20H34N2O2S2. The molecule has 0 aliphatic heterocycles. The monoisotopic (exact) mass is 398 g/mol. The minimum atomic E-state index is -0.885. The second-order valence-corrected chi connectivity index (χ2v) is 8.09. The average molecular weight is 399 g/mol. The molecule has 0 aromatic carbocycles. The highest BCUT2D eigenvalue weighted by Crippen LogP contribution is 2.13. The van der Waals surface area contributed by atoms with Crippen molar-refractivity contribution in [1.29, 1.82) is 0 Å². The van der Waals surface area contributed by atoms with E-state index in [0.717, 1.165) is 31.4 Å². The predicted octanol–water partition coefficient (Wildman–Crippen LogP) is 4.69. The molecule has 0 amide bonds. The molecule has 0 aromatic rings. The van der Waals surface area contributed by atoms with Crippen LogP contribution in [0, 0.1) is 0 Å². The van der Waals surface area contributed by atoms with Crippen LogP contribution in [-0.2, 0) is 4.79 Å². The van der Waals surface area contributed by atoms with Gasteiger partial charge < -0.3 is 15.7 Å². The lowest BCUT2D eigenvalue weighted by Gasteiger charge is -2.15. The number of carboxylic acid groups (broad SMARTS) is 1. The van der Waals surface area contributed by atoms with Crippen molar-refractivity contribution in [3.8, 4) is 0 Å². The van der Waals surface area contributed by atoms with Crippen LogP contribution in [0.1, 0.15) is 53.4 Å². The van der Waals surface area contributed by atoms with Gasteiger partial charge in [0.2, 0.25) is 0 Å². The predicted molar refractivity (Wildman–Crippen MR) is 119 cm³/mol. The maximum atomic E-state index is 11.2. The molecule has 0 saturated heterocycles. The van der Waals surface area contributed by atoms with Crippen molar-refractivity contribution in [2.24, 2.45) is 0 Å². The van der Waals surface area contributed by atoms with Gasteiger partial charge in [-0.1, -0.05) is 34.9 Å². The van der Waals surface area contributed by atoms with E-state index >= 15 is 0 Å². The Morgan fingerprint density at radius 1 is 1.08 bits per heavy atom. The maximum Gasteiger partial charge on any atom is 0.327 e. The molecule has 0 bridgehead atoms. The Bertz CT molecular complexity index is 536. The zero-order valence-corrected chi connectivity index (χ0v) is 18.4. The van der Waals surface area contributed by atoms with Gasteiger partial charge in [0.15, 0.2) is 5.11 Å². The number of thioether (sulfide) groups is 1. The van der Waals surface area contributed by atoms with E-state index in [9.17, 15) is 9.90 Å². The van der Waals surface area contributed by atoms with E-state index in [0.29, 0.717) is 10.9 Å². The molecule has 148 valence electrons. The van der Waals surface area contributed by atoms with Gasteiger partial charge in [0.1, 0.15) is 6.04 Å². The van der Waals surface area contributed by atoms with Crippen molar-refractivity contribution in [2.45, 2.75) is 59.4 Å². The van der Waals surface area contributed by atoms with E-state index < -0.39 is 12.0 Å². The number of thiocarbonyl (C=S) groups is 1. The molecule has 0 radical (unpaired) electrons. The van der Waals surface area contributed by atoms with Gasteiger partial charge >= 0.3 is 5.97 Å². The third kappa shape index (κ3) is 14.0. The summed E-state index contributed by atoms with van der Waals surface area (Å²) in [5.74, 6) is 0.404. The number of rotatable bonds is 12. The van der Waals surface area contributed by atoms with Gasteiger partial charge in [0.05, 0.1) is 0 Å². The number of allylic oxidation sites excluding steroid dienone is 5. The zero-order valence-electron chi connectivity index (χ0n) is 16.7. The fourth-order valence-corrected chi connectivity index (χ4v) is 3.27. The van der Waals surface area contributed by atoms with E-state index in [2.05, 4.69) is 56.6 Å². The minimum Gasteiger partial charge on any atom is -0.480 e. The summed E-state index contributed by atoms with van der Waals surface area (Å²) in [4.78, 5) is 11.2. The molecule has 1 atom stereocenters. The first-order valence-corrected chi connectivity index (χ1v) is 10.6. The molecule has 26 heavy (non-hydrogen) atoms. The smallest absolute Gasteiger partial charge is 0.327 e. The molecule has 0 rings (SSSR count). The van der Waals surface area contributed by atoms with Gasteiger partial charge in [-0.2, -0.15) is 11.8 Å². The largest absolute Gasteiger partial charge is 0.480 e. The Kier molecular flexibility index (Phi) is 14.1. The molecule has 0 fully saturated rings. The standard InChI is InChI=1S/C20H34N2O2S2/c1-15(2)8-6-9-16(3)10-7-11-17(4)12-13-26-14-18(19(23)24)22-20(25)21-5/h8,10,12,18H,6-7,9,11,13-14H2,1-5H3,(H,23,24)(H2,21,22,25)/b16-10+,17-12+/t18-/m0/s1. The molecule has 0 aromatic heterocycles. The Morgan fingerprint density at radius 2 is 1.65 bits per heavy atom. The number of nitrogens with one attached hydrogen (secondary N) is 2. The third-order valence-corrected chi connectivity index (χ3v) is 5.08. The van der Waals surface area contributed by atoms with Crippen molar-refractivity contribution in [1.82, 2.24) is 10.6 Å². The lowest BCUT2D eigenvalue weighted by molar-refractivity contribution is -0.138. The first-order chi connectivity index (χ1) is 12.3. The minimum absolute atomic E-state index is 0.358. The normalized spacial score (nSPS) is 13.1. The molecule has 0 unspecified atom stereocenters. The fourth-order valence-electron chi connectivity index (χ4n) is 2.13. The average Bonchev–Trinajstić information content (AvgIpc) is 2.56. The topological polar surface area (TPSA) is 61.4 Å². The van der Waals surface area contributed by atoms with Crippen LogP contribution >= 0.6 is 24.0 Å². The summed E-state index contributed by atoms with van der Waals surface area (Å²) in [6, 6.07) is -0.667. The van der Waals surface area contributed by atoms with Gasteiger partial charge in [-0.15, -0.1) is 0 Å². The summed E-state index contributed by atoms with van der Waals surface area (Å²) in [5, 5.41) is 15.1. The Hall–Kier alpha value is -1.27. The number of carboxylic acids is 1. The summed E-state index contributed by atoms with van der Waals surface area (Å²) < 4.78 is 0. The van der Waals surface area contributed by atoms with Gasteiger partial charge in [0.25, 0.3) is 0 Å². The summed E-state index contributed by atoms with van der Waals surface area (Å²) in [6.45, 7) is 8.60. The van der Waals surface area contributed by atoms with Crippen LogP contribution in [0.15, 0.2) is 34.9 Å². The molecule has 4 nitrogen and oxygen atoms in total. The second kappa shape index (κ2) is 14.9. The summed E-state index contributed by atoms with van der Waals surface area (Å²) in [7, 11) is 1.67. The highest BCUT2D eigenvalue weighted by atomic mass is 32.2. The number of hydrogen-bond acceptors (Lipinski definition) is 3. The first-order valence-electron chi connectivity index (χ1n) is 8.99. The van der Waals surface area contributed by atoms with Crippen molar-refractivity contribution in [3.63, 3.8) is 0 Å². The number of carbonyl (C=O) groups is 1. The molecule has 0 heterocycles. The quantitative estimate of drug-likeness (QED) is 0.252. The fraction of sp³-hybridized carbons (Fsp3) is 0.600. The lowest BCUT2D eigenvalue weighted by Crippen LogP contribution is -2.46.